The molecule has 1 fully saturated rings. The molecule has 100 valence electrons. The van der Waals surface area contributed by atoms with Gasteiger partial charge < -0.3 is 5.32 Å². The molecule has 1 aromatic rings. The van der Waals surface area contributed by atoms with E-state index in [4.69, 9.17) is 0 Å². The van der Waals surface area contributed by atoms with Gasteiger partial charge in [0.05, 0.1) is 0 Å². The lowest BCUT2D eigenvalue weighted by atomic mass is 9.85. The van der Waals surface area contributed by atoms with Gasteiger partial charge in [0.2, 0.25) is 0 Å². The number of hydrogen-bond donors (Lipinski definition) is 1. The fourth-order valence-corrected chi connectivity index (χ4v) is 2.41. The zero-order chi connectivity index (χ0) is 12.8. The molecular formula is C15H25N3. The highest BCUT2D eigenvalue weighted by molar-refractivity contribution is 5.35. The number of pyridine rings is 1. The van der Waals surface area contributed by atoms with Gasteiger partial charge in [0.15, 0.2) is 0 Å². The molecule has 0 unspecified atom stereocenters. The smallest absolute Gasteiger partial charge is 0.125 e. The predicted molar refractivity (Wildman–Crippen MR) is 76.7 cm³/mol. The second-order valence-electron chi connectivity index (χ2n) is 5.21. The molecule has 1 aliphatic rings. The Hall–Kier alpha value is -1.09. The van der Waals surface area contributed by atoms with Crippen molar-refractivity contribution in [3.05, 3.63) is 23.9 Å². The van der Waals surface area contributed by atoms with Crippen molar-refractivity contribution < 1.29 is 0 Å². The third-order valence-electron chi connectivity index (χ3n) is 3.78. The van der Waals surface area contributed by atoms with E-state index in [1.54, 1.807) is 0 Å². The van der Waals surface area contributed by atoms with E-state index in [-0.39, 0.29) is 0 Å². The van der Waals surface area contributed by atoms with Crippen LogP contribution >= 0.6 is 0 Å². The van der Waals surface area contributed by atoms with E-state index in [1.165, 1.54) is 31.4 Å². The number of nitrogens with zero attached hydrogens (tertiary/aromatic N) is 2. The van der Waals surface area contributed by atoms with Crippen molar-refractivity contribution in [1.82, 2.24) is 9.88 Å². The normalized spacial score (nSPS) is 15.7. The molecule has 0 saturated heterocycles. The molecule has 0 bridgehead atoms. The Bertz CT molecular complexity index is 343. The van der Waals surface area contributed by atoms with E-state index in [2.05, 4.69) is 41.2 Å². The van der Waals surface area contributed by atoms with Gasteiger partial charge >= 0.3 is 0 Å². The summed E-state index contributed by atoms with van der Waals surface area (Å²) in [5.41, 5.74) is 1.32. The fourth-order valence-electron chi connectivity index (χ4n) is 2.41. The summed E-state index contributed by atoms with van der Waals surface area (Å²) < 4.78 is 0. The Labute approximate surface area is 111 Å². The van der Waals surface area contributed by atoms with Gasteiger partial charge in [0.1, 0.15) is 5.82 Å². The lowest BCUT2D eigenvalue weighted by Gasteiger charge is -2.31. The zero-order valence-electron chi connectivity index (χ0n) is 11.7. The Balaban J connectivity index is 1.85. The summed E-state index contributed by atoms with van der Waals surface area (Å²) in [7, 11) is 0. The summed E-state index contributed by atoms with van der Waals surface area (Å²) in [5.74, 6) is 1.92. The number of rotatable bonds is 7. The van der Waals surface area contributed by atoms with Crippen molar-refractivity contribution in [1.29, 1.82) is 0 Å². The minimum Gasteiger partial charge on any atom is -0.370 e. The topological polar surface area (TPSA) is 28.2 Å². The first-order chi connectivity index (χ1) is 8.81. The van der Waals surface area contributed by atoms with Gasteiger partial charge in [0.25, 0.3) is 0 Å². The number of nitrogens with one attached hydrogen (secondary N) is 1. The Morgan fingerprint density at radius 1 is 1.33 bits per heavy atom. The van der Waals surface area contributed by atoms with Gasteiger partial charge in [-0.15, -0.1) is 0 Å². The van der Waals surface area contributed by atoms with Crippen molar-refractivity contribution in [2.45, 2.75) is 39.7 Å². The largest absolute Gasteiger partial charge is 0.370 e. The van der Waals surface area contributed by atoms with E-state index >= 15 is 0 Å². The van der Waals surface area contributed by atoms with Crippen LogP contribution in [0.25, 0.3) is 0 Å². The van der Waals surface area contributed by atoms with Crippen LogP contribution in [0.4, 0.5) is 5.82 Å². The maximum absolute atomic E-state index is 4.43. The van der Waals surface area contributed by atoms with Gasteiger partial charge in [-0.2, -0.15) is 0 Å². The van der Waals surface area contributed by atoms with Crippen LogP contribution in [0.5, 0.6) is 0 Å². The van der Waals surface area contributed by atoms with Crippen LogP contribution in [0.2, 0.25) is 0 Å². The third kappa shape index (κ3) is 3.70. The SMILES string of the molecule is CCNc1ccc(CN(CC)CC2CCC2)cn1. The van der Waals surface area contributed by atoms with Gasteiger partial charge in [-0.1, -0.05) is 19.4 Å². The van der Waals surface area contributed by atoms with Crippen LogP contribution in [0.1, 0.15) is 38.7 Å². The summed E-state index contributed by atoms with van der Waals surface area (Å²) in [5, 5.41) is 3.23. The van der Waals surface area contributed by atoms with Crippen LogP contribution in [-0.2, 0) is 6.54 Å². The first-order valence-corrected chi connectivity index (χ1v) is 7.23. The molecule has 0 aromatic carbocycles. The molecule has 3 nitrogen and oxygen atoms in total. The number of hydrogen-bond acceptors (Lipinski definition) is 3. The van der Waals surface area contributed by atoms with Crippen molar-refractivity contribution in [3.63, 3.8) is 0 Å². The molecule has 2 rings (SSSR count). The average Bonchev–Trinajstić information content (AvgIpc) is 2.34. The quantitative estimate of drug-likeness (QED) is 0.802. The van der Waals surface area contributed by atoms with Crippen LogP contribution in [0, 0.1) is 5.92 Å². The molecule has 0 amide bonds. The molecule has 3 heteroatoms. The monoisotopic (exact) mass is 247 g/mol. The van der Waals surface area contributed by atoms with Crippen LogP contribution in [0.3, 0.4) is 0 Å². The second kappa shape index (κ2) is 6.74. The molecule has 1 saturated carbocycles. The van der Waals surface area contributed by atoms with Gasteiger partial charge in [-0.3, -0.25) is 4.90 Å². The Morgan fingerprint density at radius 2 is 2.17 bits per heavy atom. The summed E-state index contributed by atoms with van der Waals surface area (Å²) in [6, 6.07) is 4.27. The highest BCUT2D eigenvalue weighted by Crippen LogP contribution is 2.27. The van der Waals surface area contributed by atoms with E-state index in [0.717, 1.165) is 31.4 Å². The van der Waals surface area contributed by atoms with Crippen molar-refractivity contribution in [2.75, 3.05) is 25.0 Å². The minimum atomic E-state index is 0.926. The summed E-state index contributed by atoms with van der Waals surface area (Å²) in [6.07, 6.45) is 6.28. The van der Waals surface area contributed by atoms with Crippen molar-refractivity contribution in [2.24, 2.45) is 5.92 Å². The van der Waals surface area contributed by atoms with Gasteiger partial charge in [-0.05, 0) is 43.9 Å². The van der Waals surface area contributed by atoms with Crippen LogP contribution in [0.15, 0.2) is 18.3 Å². The molecule has 1 N–H and O–H groups in total. The number of aromatic nitrogens is 1. The predicted octanol–water partition coefficient (Wildman–Crippen LogP) is 3.14. The van der Waals surface area contributed by atoms with E-state index in [9.17, 15) is 0 Å². The van der Waals surface area contributed by atoms with E-state index in [1.807, 2.05) is 6.20 Å². The Morgan fingerprint density at radius 3 is 2.67 bits per heavy atom. The lowest BCUT2D eigenvalue weighted by molar-refractivity contribution is 0.178. The maximum atomic E-state index is 4.43. The standard InChI is InChI=1S/C15H25N3/c1-3-16-15-9-8-14(10-17-15)12-18(4-2)11-13-6-5-7-13/h8-10,13H,3-7,11-12H2,1-2H3,(H,16,17). The highest BCUT2D eigenvalue weighted by atomic mass is 15.1. The first-order valence-electron chi connectivity index (χ1n) is 7.23. The van der Waals surface area contributed by atoms with Crippen LogP contribution < -0.4 is 5.32 Å². The molecular weight excluding hydrogens is 222 g/mol. The summed E-state index contributed by atoms with van der Waals surface area (Å²) >= 11 is 0. The van der Waals surface area contributed by atoms with Crippen molar-refractivity contribution in [3.8, 4) is 0 Å². The molecule has 1 heterocycles. The Kier molecular flexibility index (Phi) is 5.00. The molecule has 0 spiro atoms. The third-order valence-corrected chi connectivity index (χ3v) is 3.78. The van der Waals surface area contributed by atoms with Gasteiger partial charge in [-0.25, -0.2) is 4.98 Å². The molecule has 1 aliphatic carbocycles. The van der Waals surface area contributed by atoms with E-state index < -0.39 is 0 Å². The molecule has 1 aromatic heterocycles. The zero-order valence-corrected chi connectivity index (χ0v) is 11.7. The molecule has 0 atom stereocenters. The molecule has 0 radical (unpaired) electrons. The van der Waals surface area contributed by atoms with Crippen LogP contribution in [-0.4, -0.2) is 29.5 Å². The fraction of sp³-hybridized carbons (Fsp3) is 0.667. The molecule has 18 heavy (non-hydrogen) atoms. The first kappa shape index (κ1) is 13.3. The minimum absolute atomic E-state index is 0.926. The maximum Gasteiger partial charge on any atom is 0.125 e. The van der Waals surface area contributed by atoms with E-state index in [0.29, 0.717) is 0 Å². The average molecular weight is 247 g/mol. The highest BCUT2D eigenvalue weighted by Gasteiger charge is 2.19. The van der Waals surface area contributed by atoms with Gasteiger partial charge in [0, 0.05) is 25.8 Å². The number of anilines is 1. The summed E-state index contributed by atoms with van der Waals surface area (Å²) in [6.45, 7) is 8.69. The van der Waals surface area contributed by atoms with Crippen molar-refractivity contribution >= 4 is 5.82 Å². The molecule has 0 aliphatic heterocycles. The second-order valence-corrected chi connectivity index (χ2v) is 5.21. The summed E-state index contributed by atoms with van der Waals surface area (Å²) in [4.78, 5) is 6.97. The lowest BCUT2D eigenvalue weighted by Crippen LogP contribution is -2.32.